The quantitative estimate of drug-likeness (QED) is 0.384. The number of hydrogen-bond acceptors (Lipinski definition) is 6. The van der Waals surface area contributed by atoms with Crippen molar-refractivity contribution < 1.29 is 9.47 Å². The van der Waals surface area contributed by atoms with Gasteiger partial charge in [-0.25, -0.2) is 15.0 Å². The normalized spacial score (nSPS) is 15.2. The monoisotopic (exact) mass is 464 g/mol. The molecule has 2 aromatic carbocycles. The van der Waals surface area contributed by atoms with Crippen molar-refractivity contribution in [3.8, 4) is 22.9 Å². The van der Waals surface area contributed by atoms with E-state index in [-0.39, 0.29) is 6.79 Å². The van der Waals surface area contributed by atoms with E-state index in [4.69, 9.17) is 37.7 Å². The highest BCUT2D eigenvalue weighted by Gasteiger charge is 2.21. The molecule has 6 nitrogen and oxygen atoms in total. The predicted molar refractivity (Wildman–Crippen MR) is 123 cm³/mol. The van der Waals surface area contributed by atoms with Gasteiger partial charge in [0.25, 0.3) is 0 Å². The smallest absolute Gasteiger partial charge is 0.231 e. The molecule has 4 heterocycles. The Morgan fingerprint density at radius 2 is 1.78 bits per heavy atom. The van der Waals surface area contributed by atoms with Crippen molar-refractivity contribution in [1.82, 2.24) is 19.9 Å². The summed E-state index contributed by atoms with van der Waals surface area (Å²) in [4.78, 5) is 16.3. The van der Waals surface area contributed by atoms with Crippen molar-refractivity contribution in [2.75, 3.05) is 13.3 Å². The maximum atomic E-state index is 6.53. The van der Waals surface area contributed by atoms with Gasteiger partial charge in [-0.1, -0.05) is 23.2 Å². The molecule has 0 fully saturated rings. The average Bonchev–Trinajstić information content (AvgIpc) is 3.25. The van der Waals surface area contributed by atoms with E-state index < -0.39 is 0 Å². The van der Waals surface area contributed by atoms with Crippen molar-refractivity contribution in [2.45, 2.75) is 19.5 Å². The molecule has 0 saturated heterocycles. The minimum absolute atomic E-state index is 0.237. The third-order valence-corrected chi connectivity index (χ3v) is 6.42. The molecule has 2 aliphatic heterocycles. The van der Waals surface area contributed by atoms with Crippen LogP contribution < -0.4 is 9.47 Å². The molecule has 32 heavy (non-hydrogen) atoms. The number of rotatable bonds is 3. The topological polar surface area (TPSA) is 60.4 Å². The van der Waals surface area contributed by atoms with Crippen LogP contribution in [0.25, 0.3) is 22.3 Å². The molecule has 0 N–H and O–H groups in total. The average molecular weight is 465 g/mol. The van der Waals surface area contributed by atoms with E-state index in [9.17, 15) is 0 Å². The molecule has 0 bridgehead atoms. The molecule has 6 rings (SSSR count). The first-order valence-corrected chi connectivity index (χ1v) is 11.1. The van der Waals surface area contributed by atoms with Gasteiger partial charge in [0.05, 0.1) is 11.2 Å². The second kappa shape index (κ2) is 7.89. The summed E-state index contributed by atoms with van der Waals surface area (Å²) in [5, 5.41) is 2.20. The minimum Gasteiger partial charge on any atom is -0.454 e. The van der Waals surface area contributed by atoms with Gasteiger partial charge in [-0.2, -0.15) is 0 Å². The minimum atomic E-state index is 0.237. The van der Waals surface area contributed by atoms with Gasteiger partial charge in [-0.3, -0.25) is 4.90 Å². The van der Waals surface area contributed by atoms with Crippen LogP contribution in [-0.4, -0.2) is 33.2 Å². The second-order valence-corrected chi connectivity index (χ2v) is 8.76. The maximum Gasteiger partial charge on any atom is 0.231 e. The molecule has 0 saturated carbocycles. The van der Waals surface area contributed by atoms with Gasteiger partial charge in [-0.15, -0.1) is 0 Å². The van der Waals surface area contributed by atoms with Crippen molar-refractivity contribution in [3.63, 3.8) is 0 Å². The van der Waals surface area contributed by atoms with E-state index >= 15 is 0 Å². The zero-order valence-electron chi connectivity index (χ0n) is 17.0. The first-order valence-electron chi connectivity index (χ1n) is 10.3. The molecule has 8 heteroatoms. The van der Waals surface area contributed by atoms with Crippen molar-refractivity contribution in [1.29, 1.82) is 0 Å². The molecule has 2 aliphatic rings. The largest absolute Gasteiger partial charge is 0.454 e. The van der Waals surface area contributed by atoms with Gasteiger partial charge in [0.15, 0.2) is 17.3 Å². The number of benzene rings is 2. The summed E-state index contributed by atoms with van der Waals surface area (Å²) >= 11 is 12.5. The molecular formula is C24H18Cl2N4O2. The van der Waals surface area contributed by atoms with E-state index in [1.165, 1.54) is 0 Å². The molecule has 0 atom stereocenters. The Kier molecular flexibility index (Phi) is 4.86. The molecule has 2 aromatic heterocycles. The number of hydrogen-bond donors (Lipinski definition) is 0. The van der Waals surface area contributed by atoms with Gasteiger partial charge >= 0.3 is 0 Å². The zero-order valence-corrected chi connectivity index (χ0v) is 18.5. The van der Waals surface area contributed by atoms with Crippen molar-refractivity contribution in [3.05, 3.63) is 75.7 Å². The van der Waals surface area contributed by atoms with Crippen molar-refractivity contribution in [2.24, 2.45) is 0 Å². The number of fused-ring (bicyclic) bond motifs is 3. The lowest BCUT2D eigenvalue weighted by Crippen LogP contribution is -2.31. The summed E-state index contributed by atoms with van der Waals surface area (Å²) in [5.74, 6) is 2.18. The Hall–Kier alpha value is -2.93. The summed E-state index contributed by atoms with van der Waals surface area (Å²) in [6, 6.07) is 13.5. The van der Waals surface area contributed by atoms with Gasteiger partial charge in [0.1, 0.15) is 5.15 Å². The van der Waals surface area contributed by atoms with Crippen LogP contribution in [0.4, 0.5) is 0 Å². The highest BCUT2D eigenvalue weighted by molar-refractivity contribution is 6.31. The second-order valence-electron chi connectivity index (χ2n) is 7.97. The van der Waals surface area contributed by atoms with Crippen LogP contribution in [0.2, 0.25) is 10.2 Å². The summed E-state index contributed by atoms with van der Waals surface area (Å²) in [6.45, 7) is 2.60. The van der Waals surface area contributed by atoms with Crippen LogP contribution in [0.3, 0.4) is 0 Å². The summed E-state index contributed by atoms with van der Waals surface area (Å²) < 4.78 is 10.9. The molecular weight excluding hydrogens is 447 g/mol. The molecule has 0 radical (unpaired) electrons. The van der Waals surface area contributed by atoms with E-state index in [2.05, 4.69) is 20.9 Å². The fraction of sp³-hybridized carbons (Fsp3) is 0.208. The predicted octanol–water partition coefficient (Wildman–Crippen LogP) is 5.29. The maximum absolute atomic E-state index is 6.53. The third-order valence-electron chi connectivity index (χ3n) is 5.84. The van der Waals surface area contributed by atoms with Crippen LogP contribution in [0.1, 0.15) is 16.8 Å². The van der Waals surface area contributed by atoms with Crippen LogP contribution in [0.15, 0.2) is 48.7 Å². The standard InChI is InChI=1S/C24H18Cl2N4O2/c25-18-3-1-14(2-4-18)24-27-10-17-12-30(6-5-19(17)29-24)11-16-7-15-8-21-22(32-13-31-21)9-20(15)28-23(16)26/h1-4,7-10H,5-6,11-13H2. The summed E-state index contributed by atoms with van der Waals surface area (Å²) in [7, 11) is 0. The first kappa shape index (κ1) is 19.7. The third kappa shape index (κ3) is 3.64. The Bertz CT molecular complexity index is 1340. The number of nitrogens with zero attached hydrogens (tertiary/aromatic N) is 4. The fourth-order valence-corrected chi connectivity index (χ4v) is 4.51. The molecule has 0 amide bonds. The first-order chi connectivity index (χ1) is 15.6. The lowest BCUT2D eigenvalue weighted by Gasteiger charge is -2.28. The summed E-state index contributed by atoms with van der Waals surface area (Å²) in [6.07, 6.45) is 2.79. The Morgan fingerprint density at radius 1 is 0.969 bits per heavy atom. The fourth-order valence-electron chi connectivity index (χ4n) is 4.18. The van der Waals surface area contributed by atoms with Gasteiger partial charge < -0.3 is 9.47 Å². The van der Waals surface area contributed by atoms with Crippen LogP contribution in [0.5, 0.6) is 11.5 Å². The lowest BCUT2D eigenvalue weighted by atomic mass is 10.1. The van der Waals surface area contributed by atoms with Crippen molar-refractivity contribution >= 4 is 34.1 Å². The highest BCUT2D eigenvalue weighted by Crippen LogP contribution is 2.37. The Morgan fingerprint density at radius 3 is 2.62 bits per heavy atom. The number of halogens is 2. The number of ether oxygens (including phenoxy) is 2. The molecule has 4 aromatic rings. The van der Waals surface area contributed by atoms with Crippen LogP contribution in [-0.2, 0) is 19.5 Å². The number of pyridine rings is 1. The van der Waals surface area contributed by atoms with E-state index in [0.717, 1.165) is 64.4 Å². The lowest BCUT2D eigenvalue weighted by molar-refractivity contribution is 0.174. The summed E-state index contributed by atoms with van der Waals surface area (Å²) in [5.41, 5.74) is 4.99. The zero-order chi connectivity index (χ0) is 21.7. The van der Waals surface area contributed by atoms with Gasteiger partial charge in [0.2, 0.25) is 6.79 Å². The molecule has 0 aliphatic carbocycles. The molecule has 160 valence electrons. The molecule has 0 unspecified atom stereocenters. The van der Waals surface area contributed by atoms with Crippen LogP contribution >= 0.6 is 23.2 Å². The van der Waals surface area contributed by atoms with Crippen LogP contribution in [0, 0.1) is 0 Å². The van der Waals surface area contributed by atoms with E-state index in [1.807, 2.05) is 42.6 Å². The molecule has 0 spiro atoms. The Balaban J connectivity index is 1.23. The highest BCUT2D eigenvalue weighted by atomic mass is 35.5. The number of aromatic nitrogens is 3. The van der Waals surface area contributed by atoms with Gasteiger partial charge in [-0.05, 0) is 36.4 Å². The van der Waals surface area contributed by atoms with E-state index in [0.29, 0.717) is 22.5 Å². The van der Waals surface area contributed by atoms with E-state index in [1.54, 1.807) is 0 Å². The SMILES string of the molecule is Clc1ccc(-c2ncc3c(n2)CCN(Cc2cc4cc5c(cc4nc2Cl)OCO5)C3)cc1. The Labute approximate surface area is 194 Å². The van der Waals surface area contributed by atoms with Gasteiger partial charge in [0, 0.05) is 65.4 Å².